The average molecular weight is 310 g/mol. The third kappa shape index (κ3) is 2.65. The van der Waals surface area contributed by atoms with Crippen LogP contribution in [0.4, 0.5) is 11.6 Å². The minimum Gasteiger partial charge on any atom is -0.377 e. The van der Waals surface area contributed by atoms with Crippen molar-refractivity contribution in [1.82, 2.24) is 20.3 Å². The van der Waals surface area contributed by atoms with Crippen molar-refractivity contribution in [2.75, 3.05) is 24.7 Å². The lowest BCUT2D eigenvalue weighted by molar-refractivity contribution is 0.699. The van der Waals surface area contributed by atoms with E-state index < -0.39 is 0 Å². The Kier molecular flexibility index (Phi) is 3.56. The SMILES string of the molecule is CN(C)c1ccc(C=Nn2nnnc2N)cc1Br. The van der Waals surface area contributed by atoms with Gasteiger partial charge in [-0.2, -0.15) is 5.10 Å². The van der Waals surface area contributed by atoms with Gasteiger partial charge in [-0.15, -0.1) is 0 Å². The second-order valence-corrected chi connectivity index (χ2v) is 4.63. The number of benzene rings is 1. The minimum atomic E-state index is 0.148. The largest absolute Gasteiger partial charge is 0.377 e. The fraction of sp³-hybridized carbons (Fsp3) is 0.200. The standard InChI is InChI=1S/C10H12BrN7/c1-17(2)9-4-3-7(5-8(9)11)6-13-18-10(12)14-15-16-18/h3-6H,1-2H3,(H2,12,14,16). The van der Waals surface area contributed by atoms with Crippen LogP contribution in [-0.4, -0.2) is 40.6 Å². The summed E-state index contributed by atoms with van der Waals surface area (Å²) in [6.07, 6.45) is 1.64. The van der Waals surface area contributed by atoms with E-state index >= 15 is 0 Å². The Bertz CT molecular complexity index is 575. The molecule has 0 amide bonds. The molecule has 0 aliphatic rings. The highest BCUT2D eigenvalue weighted by atomic mass is 79.9. The molecule has 94 valence electrons. The van der Waals surface area contributed by atoms with Gasteiger partial charge in [-0.05, 0) is 44.1 Å². The minimum absolute atomic E-state index is 0.148. The van der Waals surface area contributed by atoms with E-state index in [-0.39, 0.29) is 5.95 Å². The van der Waals surface area contributed by atoms with Crippen LogP contribution in [0, 0.1) is 0 Å². The van der Waals surface area contributed by atoms with Crippen molar-refractivity contribution in [2.24, 2.45) is 5.10 Å². The van der Waals surface area contributed by atoms with Gasteiger partial charge in [-0.3, -0.25) is 0 Å². The van der Waals surface area contributed by atoms with Crippen LogP contribution < -0.4 is 10.6 Å². The number of nitrogen functional groups attached to an aromatic ring is 1. The normalized spacial score (nSPS) is 11.1. The third-order valence-electron chi connectivity index (χ3n) is 2.25. The van der Waals surface area contributed by atoms with Crippen molar-refractivity contribution in [2.45, 2.75) is 0 Å². The van der Waals surface area contributed by atoms with Gasteiger partial charge in [0.1, 0.15) is 0 Å². The number of nitrogens with two attached hydrogens (primary N) is 1. The van der Waals surface area contributed by atoms with Gasteiger partial charge in [0.2, 0.25) is 0 Å². The molecule has 0 unspecified atom stereocenters. The first-order valence-electron chi connectivity index (χ1n) is 5.13. The summed E-state index contributed by atoms with van der Waals surface area (Å²) >= 11 is 3.51. The van der Waals surface area contributed by atoms with Crippen molar-refractivity contribution in [3.63, 3.8) is 0 Å². The Labute approximate surface area is 112 Å². The molecule has 2 N–H and O–H groups in total. The van der Waals surface area contributed by atoms with Gasteiger partial charge < -0.3 is 10.6 Å². The first kappa shape index (κ1) is 12.5. The summed E-state index contributed by atoms with van der Waals surface area (Å²) in [5, 5.41) is 14.6. The summed E-state index contributed by atoms with van der Waals surface area (Å²) in [6.45, 7) is 0. The first-order valence-corrected chi connectivity index (χ1v) is 5.92. The molecule has 1 aromatic heterocycles. The van der Waals surface area contributed by atoms with E-state index in [1.165, 1.54) is 0 Å². The molecule has 0 atom stereocenters. The lowest BCUT2D eigenvalue weighted by Crippen LogP contribution is -2.09. The summed E-state index contributed by atoms with van der Waals surface area (Å²) in [4.78, 5) is 3.18. The fourth-order valence-corrected chi connectivity index (χ4v) is 2.11. The predicted octanol–water partition coefficient (Wildman–Crippen LogP) is 0.966. The molecule has 0 aliphatic carbocycles. The van der Waals surface area contributed by atoms with E-state index in [1.54, 1.807) is 6.21 Å². The van der Waals surface area contributed by atoms with Gasteiger partial charge in [0.15, 0.2) is 0 Å². The van der Waals surface area contributed by atoms with E-state index in [1.807, 2.05) is 37.2 Å². The zero-order valence-electron chi connectivity index (χ0n) is 9.95. The number of hydrogen-bond acceptors (Lipinski definition) is 6. The Hall–Kier alpha value is -1.96. The zero-order valence-corrected chi connectivity index (χ0v) is 11.5. The second-order valence-electron chi connectivity index (χ2n) is 3.78. The Morgan fingerprint density at radius 1 is 1.44 bits per heavy atom. The van der Waals surface area contributed by atoms with Crippen molar-refractivity contribution >= 4 is 33.8 Å². The van der Waals surface area contributed by atoms with Gasteiger partial charge in [0, 0.05) is 18.6 Å². The predicted molar refractivity (Wildman–Crippen MR) is 73.7 cm³/mol. The molecular weight excluding hydrogens is 298 g/mol. The smallest absolute Gasteiger partial charge is 0.263 e. The van der Waals surface area contributed by atoms with Gasteiger partial charge >= 0.3 is 0 Å². The van der Waals surface area contributed by atoms with Crippen molar-refractivity contribution in [1.29, 1.82) is 0 Å². The molecule has 7 nitrogen and oxygen atoms in total. The van der Waals surface area contributed by atoms with Gasteiger partial charge in [0.25, 0.3) is 5.95 Å². The van der Waals surface area contributed by atoms with Crippen molar-refractivity contribution in [3.05, 3.63) is 28.2 Å². The lowest BCUT2D eigenvalue weighted by atomic mass is 10.2. The Balaban J connectivity index is 2.23. The molecule has 1 aromatic carbocycles. The summed E-state index contributed by atoms with van der Waals surface area (Å²) in [5.74, 6) is 0.148. The number of rotatable bonds is 3. The van der Waals surface area contributed by atoms with Crippen LogP contribution >= 0.6 is 15.9 Å². The van der Waals surface area contributed by atoms with Crippen LogP contribution in [0.2, 0.25) is 0 Å². The third-order valence-corrected chi connectivity index (χ3v) is 2.88. The molecule has 8 heteroatoms. The number of hydrogen-bond donors (Lipinski definition) is 1. The quantitative estimate of drug-likeness (QED) is 0.854. The topological polar surface area (TPSA) is 85.2 Å². The van der Waals surface area contributed by atoms with Crippen LogP contribution in [-0.2, 0) is 0 Å². The number of nitrogens with zero attached hydrogens (tertiary/aromatic N) is 6. The molecule has 2 rings (SSSR count). The molecule has 0 spiro atoms. The second kappa shape index (κ2) is 5.13. The fourth-order valence-electron chi connectivity index (χ4n) is 1.36. The van der Waals surface area contributed by atoms with Crippen LogP contribution in [0.3, 0.4) is 0 Å². The number of halogens is 1. The highest BCUT2D eigenvalue weighted by molar-refractivity contribution is 9.10. The molecule has 0 radical (unpaired) electrons. The molecule has 0 fully saturated rings. The molecule has 0 saturated carbocycles. The monoisotopic (exact) mass is 309 g/mol. The van der Waals surface area contributed by atoms with E-state index in [9.17, 15) is 0 Å². The van der Waals surface area contributed by atoms with E-state index in [2.05, 4.69) is 36.6 Å². The molecule has 18 heavy (non-hydrogen) atoms. The van der Waals surface area contributed by atoms with Gasteiger partial charge in [0.05, 0.1) is 11.9 Å². The van der Waals surface area contributed by atoms with Crippen LogP contribution in [0.5, 0.6) is 0 Å². The highest BCUT2D eigenvalue weighted by Crippen LogP contribution is 2.25. The molecule has 1 heterocycles. The Morgan fingerprint density at radius 2 is 2.22 bits per heavy atom. The zero-order chi connectivity index (χ0) is 13.1. The molecule has 0 aliphatic heterocycles. The molecule has 0 bridgehead atoms. The average Bonchev–Trinajstić information content (AvgIpc) is 2.72. The van der Waals surface area contributed by atoms with Crippen LogP contribution in [0.1, 0.15) is 5.56 Å². The highest BCUT2D eigenvalue weighted by Gasteiger charge is 2.02. The molecule has 0 saturated heterocycles. The van der Waals surface area contributed by atoms with E-state index in [0.29, 0.717) is 0 Å². The summed E-state index contributed by atoms with van der Waals surface area (Å²) < 4.78 is 0.987. The first-order chi connectivity index (χ1) is 8.58. The maximum absolute atomic E-state index is 5.50. The lowest BCUT2D eigenvalue weighted by Gasteiger charge is -2.14. The Morgan fingerprint density at radius 3 is 2.78 bits per heavy atom. The van der Waals surface area contributed by atoms with E-state index in [0.717, 1.165) is 20.5 Å². The summed E-state index contributed by atoms with van der Waals surface area (Å²) in [7, 11) is 3.96. The van der Waals surface area contributed by atoms with Crippen molar-refractivity contribution < 1.29 is 0 Å². The van der Waals surface area contributed by atoms with Gasteiger partial charge in [-0.1, -0.05) is 16.0 Å². The number of aromatic nitrogens is 4. The molecule has 2 aromatic rings. The summed E-state index contributed by atoms with van der Waals surface area (Å²) in [6, 6.07) is 5.90. The van der Waals surface area contributed by atoms with Crippen molar-refractivity contribution in [3.8, 4) is 0 Å². The van der Waals surface area contributed by atoms with Crippen LogP contribution in [0.15, 0.2) is 27.8 Å². The molecular formula is C10H12BrN7. The van der Waals surface area contributed by atoms with E-state index in [4.69, 9.17) is 5.73 Å². The van der Waals surface area contributed by atoms with Crippen LogP contribution in [0.25, 0.3) is 0 Å². The maximum Gasteiger partial charge on any atom is 0.263 e. The van der Waals surface area contributed by atoms with Gasteiger partial charge in [-0.25, -0.2) is 0 Å². The maximum atomic E-state index is 5.50. The summed E-state index contributed by atoms with van der Waals surface area (Å²) in [5.41, 5.74) is 7.51. The number of tetrazole rings is 1. The number of anilines is 2.